The molecule has 0 saturated heterocycles. The zero-order chi connectivity index (χ0) is 37.8. The van der Waals surface area contributed by atoms with Crippen LogP contribution in [0.25, 0.3) is 17.1 Å². The second kappa shape index (κ2) is 13.1. The molecule has 2 aliphatic rings. The lowest BCUT2D eigenvalue weighted by Crippen LogP contribution is -2.50. The van der Waals surface area contributed by atoms with Crippen LogP contribution in [0.1, 0.15) is 63.8 Å². The van der Waals surface area contributed by atoms with E-state index in [2.05, 4.69) is 20.2 Å². The third-order valence-electron chi connectivity index (χ3n) is 8.76. The van der Waals surface area contributed by atoms with E-state index in [0.717, 1.165) is 17.4 Å². The molecule has 2 aromatic heterocycles. The maximum absolute atomic E-state index is 14.8. The van der Waals surface area contributed by atoms with E-state index < -0.39 is 59.7 Å². The second-order valence-corrected chi connectivity index (χ2v) is 14.2. The van der Waals surface area contributed by atoms with Crippen molar-refractivity contribution in [1.82, 2.24) is 34.8 Å². The average Bonchev–Trinajstić information content (AvgIpc) is 3.36. The minimum absolute atomic E-state index is 0.0227. The summed E-state index contributed by atoms with van der Waals surface area (Å²) in [6.45, 7) is 1.80. The van der Waals surface area contributed by atoms with Crippen molar-refractivity contribution in [2.75, 3.05) is 6.61 Å². The summed E-state index contributed by atoms with van der Waals surface area (Å²) in [4.78, 5) is 37.3. The highest BCUT2D eigenvalue weighted by molar-refractivity contribution is 6.33. The van der Waals surface area contributed by atoms with Gasteiger partial charge in [0.25, 0.3) is 5.91 Å². The molecule has 1 aliphatic heterocycles. The van der Waals surface area contributed by atoms with Crippen molar-refractivity contribution in [3.63, 3.8) is 0 Å². The summed E-state index contributed by atoms with van der Waals surface area (Å²) in [5.41, 5.74) is 2.85. The normalized spacial score (nSPS) is 19.2. The highest BCUT2D eigenvalue weighted by atomic mass is 35.5. The van der Waals surface area contributed by atoms with Gasteiger partial charge in [0, 0.05) is 5.56 Å². The zero-order valence-corrected chi connectivity index (χ0v) is 28.6. The number of carbonyl (C=O) groups is 2. The van der Waals surface area contributed by atoms with Crippen LogP contribution in [0.3, 0.4) is 0 Å². The molecule has 6 rings (SSSR count). The summed E-state index contributed by atoms with van der Waals surface area (Å²) in [6, 6.07) is 9.16. The van der Waals surface area contributed by atoms with Crippen LogP contribution in [0, 0.1) is 11.2 Å². The van der Waals surface area contributed by atoms with E-state index >= 15 is 0 Å². The summed E-state index contributed by atoms with van der Waals surface area (Å²) in [7, 11) is 0. The van der Waals surface area contributed by atoms with Gasteiger partial charge in [0.2, 0.25) is 0 Å². The fraction of sp³-hybridized carbons (Fsp3) is 0.394. The smallest absolute Gasteiger partial charge is 0.411 e. The molecule has 2 amide bonds. The summed E-state index contributed by atoms with van der Waals surface area (Å²) in [5.74, 6) is -1.87. The number of benzene rings is 2. The summed E-state index contributed by atoms with van der Waals surface area (Å²) in [5, 5.41) is 9.35. The van der Waals surface area contributed by atoms with Crippen molar-refractivity contribution < 1.29 is 40.7 Å². The number of nitrogens with one attached hydrogen (secondary N) is 1. The average molecular weight is 752 g/mol. The molecule has 3 heterocycles. The fourth-order valence-corrected chi connectivity index (χ4v) is 6.43. The molecule has 2 aromatic carbocycles. The number of guanidine groups is 1. The lowest BCUT2D eigenvalue weighted by atomic mass is 9.75. The quantitative estimate of drug-likeness (QED) is 0.172. The van der Waals surface area contributed by atoms with E-state index in [1.807, 2.05) is 26.1 Å². The summed E-state index contributed by atoms with van der Waals surface area (Å²) in [6.07, 6.45) is -3.60. The number of alkyl halides is 5. The Hall–Kier alpha value is -5.13. The largest absolute Gasteiger partial charge is 0.447 e. The van der Waals surface area contributed by atoms with Gasteiger partial charge in [0.1, 0.15) is 18.5 Å². The third-order valence-corrected chi connectivity index (χ3v) is 9.09. The lowest BCUT2D eigenvalue weighted by molar-refractivity contribution is -0.164. The summed E-state index contributed by atoms with van der Waals surface area (Å²) < 4.78 is 89.1. The van der Waals surface area contributed by atoms with Crippen LogP contribution in [-0.4, -0.2) is 65.7 Å². The van der Waals surface area contributed by atoms with Crippen molar-refractivity contribution in [3.05, 3.63) is 83.2 Å². The first-order valence-corrected chi connectivity index (χ1v) is 16.2. The molecule has 4 aromatic rings. The molecule has 1 fully saturated rings. The van der Waals surface area contributed by atoms with E-state index in [1.54, 1.807) is 24.3 Å². The van der Waals surface area contributed by atoms with Crippen LogP contribution in [0.4, 0.5) is 31.1 Å². The molecule has 276 valence electrons. The number of halogens is 7. The van der Waals surface area contributed by atoms with Gasteiger partial charge >= 0.3 is 18.8 Å². The number of hydrogen-bond acceptors (Lipinski definition) is 8. The van der Waals surface area contributed by atoms with Gasteiger partial charge in [0.05, 0.1) is 29.1 Å². The van der Waals surface area contributed by atoms with Crippen LogP contribution in [-0.2, 0) is 15.1 Å². The highest BCUT2D eigenvalue weighted by Gasteiger charge is 2.64. The minimum atomic E-state index is -4.73. The van der Waals surface area contributed by atoms with E-state index in [9.17, 15) is 35.9 Å². The number of aliphatic imine (C=N–C) groups is 1. The number of ether oxygens (including phenoxy) is 1. The van der Waals surface area contributed by atoms with Gasteiger partial charge in [-0.3, -0.25) is 9.69 Å². The van der Waals surface area contributed by atoms with Gasteiger partial charge in [0.15, 0.2) is 23.1 Å². The molecular weight excluding hydrogens is 720 g/mol. The molecule has 0 radical (unpaired) electrons. The first-order chi connectivity index (χ1) is 24.3. The summed E-state index contributed by atoms with van der Waals surface area (Å²) >= 11 is 6.41. The standard InChI is InChI=1S/C33H32ClF6N9O3/c1-30(2,3)16-32(19-5-7-21(8-6-19)47-14-20(35)13-43-47)26(50)48(28(41)45-32)24(15-52-29(51)46-31(10-11-31)33(38,39)40)18-4-9-23(34)22(12-18)25-42-17-44-49(25)27(36)37/h4-9,12-14,17,24,27H,10-11,15-16H2,1-3H3,(H2,41,45)(H,46,51)/t24-,32-/m1/s1. The van der Waals surface area contributed by atoms with Gasteiger partial charge in [-0.05, 0) is 60.1 Å². The number of carbonyl (C=O) groups excluding carboxylic acids is 2. The van der Waals surface area contributed by atoms with E-state index in [0.29, 0.717) is 15.9 Å². The first kappa shape index (κ1) is 36.7. The molecule has 2 atom stereocenters. The molecule has 0 unspecified atom stereocenters. The molecular formula is C33H32ClF6N9O3. The Morgan fingerprint density at radius 3 is 2.37 bits per heavy atom. The lowest BCUT2D eigenvalue weighted by Gasteiger charge is -2.35. The van der Waals surface area contributed by atoms with Crippen molar-refractivity contribution in [2.45, 2.75) is 69.9 Å². The molecule has 19 heteroatoms. The number of nitrogens with zero attached hydrogens (tertiary/aromatic N) is 7. The van der Waals surface area contributed by atoms with Gasteiger partial charge < -0.3 is 15.8 Å². The highest BCUT2D eigenvalue weighted by Crippen LogP contribution is 2.49. The second-order valence-electron chi connectivity index (χ2n) is 13.8. The Bertz CT molecular complexity index is 2020. The Labute approximate surface area is 297 Å². The van der Waals surface area contributed by atoms with Crippen LogP contribution >= 0.6 is 11.6 Å². The molecule has 0 spiro atoms. The van der Waals surface area contributed by atoms with E-state index in [1.165, 1.54) is 29.1 Å². The van der Waals surface area contributed by atoms with Crippen LogP contribution in [0.15, 0.2) is 66.2 Å². The van der Waals surface area contributed by atoms with Gasteiger partial charge in [-0.2, -0.15) is 36.8 Å². The zero-order valence-electron chi connectivity index (χ0n) is 27.8. The topological polar surface area (TPSA) is 146 Å². The van der Waals surface area contributed by atoms with Crippen molar-refractivity contribution in [1.29, 1.82) is 0 Å². The maximum atomic E-state index is 14.8. The van der Waals surface area contributed by atoms with Gasteiger partial charge in [-0.25, -0.2) is 23.8 Å². The predicted octanol–water partition coefficient (Wildman–Crippen LogP) is 6.67. The number of nitrogens with two attached hydrogens (primary N) is 1. The number of hydrogen-bond donors (Lipinski definition) is 2. The van der Waals surface area contributed by atoms with Crippen LogP contribution < -0.4 is 11.1 Å². The third kappa shape index (κ3) is 6.90. The SMILES string of the molecule is CC(C)(C)C[C@]1(c2ccc(-n3cc(F)cn3)cc2)N=C(N)N([C@H](COC(=O)NC2(C(F)(F)F)CC2)c2ccc(Cl)c(-c3ncnn3C(F)F)c2)C1=O. The maximum Gasteiger partial charge on any atom is 0.411 e. The Balaban J connectivity index is 1.41. The molecule has 52 heavy (non-hydrogen) atoms. The van der Waals surface area contributed by atoms with Crippen molar-refractivity contribution in [3.8, 4) is 17.1 Å². The van der Waals surface area contributed by atoms with Crippen molar-refractivity contribution in [2.24, 2.45) is 16.1 Å². The van der Waals surface area contributed by atoms with Gasteiger partial charge in [-0.1, -0.05) is 50.6 Å². The van der Waals surface area contributed by atoms with Crippen molar-refractivity contribution >= 4 is 29.6 Å². The van der Waals surface area contributed by atoms with Gasteiger partial charge in [-0.15, -0.1) is 0 Å². The number of amides is 2. The van der Waals surface area contributed by atoms with E-state index in [-0.39, 0.29) is 47.2 Å². The monoisotopic (exact) mass is 751 g/mol. The Morgan fingerprint density at radius 1 is 1.10 bits per heavy atom. The minimum Gasteiger partial charge on any atom is -0.447 e. The molecule has 3 N–H and O–H groups in total. The predicted molar refractivity (Wildman–Crippen MR) is 175 cm³/mol. The molecule has 12 nitrogen and oxygen atoms in total. The Morgan fingerprint density at radius 2 is 1.79 bits per heavy atom. The van der Waals surface area contributed by atoms with E-state index in [4.69, 9.17) is 22.1 Å². The molecule has 1 aliphatic carbocycles. The van der Waals surface area contributed by atoms with Crippen LogP contribution in [0.2, 0.25) is 5.02 Å². The number of aromatic nitrogens is 5. The number of rotatable bonds is 10. The fourth-order valence-electron chi connectivity index (χ4n) is 6.22. The van der Waals surface area contributed by atoms with Crippen LogP contribution in [0.5, 0.6) is 0 Å². The molecule has 0 bridgehead atoms. The Kier molecular flexibility index (Phi) is 9.25. The molecule has 1 saturated carbocycles. The number of alkyl carbamates (subject to hydrolysis) is 1. The first-order valence-electron chi connectivity index (χ1n) is 15.8.